The Labute approximate surface area is 122 Å². The lowest BCUT2D eigenvalue weighted by molar-refractivity contribution is -0.0819. The number of hydrogen-bond acceptors (Lipinski definition) is 7. The summed E-state index contributed by atoms with van der Waals surface area (Å²) in [7, 11) is 0. The first-order valence-corrected chi connectivity index (χ1v) is 7.29. The number of halogens is 1. The van der Waals surface area contributed by atoms with Gasteiger partial charge in [-0.1, -0.05) is 0 Å². The molecule has 0 aliphatic carbocycles. The van der Waals surface area contributed by atoms with Crippen LogP contribution >= 0.6 is 11.6 Å². The first-order valence-electron chi connectivity index (χ1n) is 6.91. The molecule has 1 aromatic rings. The highest BCUT2D eigenvalue weighted by Gasteiger charge is 2.18. The summed E-state index contributed by atoms with van der Waals surface area (Å²) in [6.07, 6.45) is 2.35. The van der Waals surface area contributed by atoms with Gasteiger partial charge in [0.05, 0.1) is 25.9 Å². The van der Waals surface area contributed by atoms with E-state index >= 15 is 0 Å². The molecule has 1 aromatic heterocycles. The Kier molecular flexibility index (Phi) is 4.49. The summed E-state index contributed by atoms with van der Waals surface area (Å²) in [4.78, 5) is 14.8. The molecule has 3 heterocycles. The average molecular weight is 300 g/mol. The van der Waals surface area contributed by atoms with E-state index in [0.29, 0.717) is 38.3 Å². The highest BCUT2D eigenvalue weighted by atomic mass is 35.5. The van der Waals surface area contributed by atoms with Crippen LogP contribution in [0.1, 0.15) is 12.8 Å². The lowest BCUT2D eigenvalue weighted by Gasteiger charge is -2.23. The molecule has 110 valence electrons. The Morgan fingerprint density at radius 3 is 2.80 bits per heavy atom. The van der Waals surface area contributed by atoms with E-state index in [1.165, 1.54) is 12.8 Å². The highest BCUT2D eigenvalue weighted by molar-refractivity contribution is 6.28. The molecule has 0 spiro atoms. The zero-order chi connectivity index (χ0) is 13.8. The zero-order valence-electron chi connectivity index (χ0n) is 11.2. The normalized spacial score (nSPS) is 23.1. The predicted molar refractivity (Wildman–Crippen MR) is 75.3 cm³/mol. The SMILES string of the molecule is Clc1nc(NCC2COCCO2)nc(N2CCCC2)n1. The van der Waals surface area contributed by atoms with Crippen molar-refractivity contribution >= 4 is 23.5 Å². The second-order valence-electron chi connectivity index (χ2n) is 4.87. The molecule has 20 heavy (non-hydrogen) atoms. The summed E-state index contributed by atoms with van der Waals surface area (Å²) >= 11 is 5.97. The molecule has 0 amide bonds. The first kappa shape index (κ1) is 13.8. The van der Waals surface area contributed by atoms with Gasteiger partial charge in [0.2, 0.25) is 17.2 Å². The van der Waals surface area contributed by atoms with Crippen LogP contribution in [-0.2, 0) is 9.47 Å². The van der Waals surface area contributed by atoms with Crippen molar-refractivity contribution in [3.63, 3.8) is 0 Å². The van der Waals surface area contributed by atoms with E-state index in [1.54, 1.807) is 0 Å². The summed E-state index contributed by atoms with van der Waals surface area (Å²) in [6, 6.07) is 0. The fourth-order valence-electron chi connectivity index (χ4n) is 2.34. The van der Waals surface area contributed by atoms with Crippen LogP contribution in [0.4, 0.5) is 11.9 Å². The third-order valence-corrected chi connectivity index (χ3v) is 3.53. The van der Waals surface area contributed by atoms with Crippen molar-refractivity contribution in [1.29, 1.82) is 0 Å². The number of anilines is 2. The van der Waals surface area contributed by atoms with E-state index in [9.17, 15) is 0 Å². The van der Waals surface area contributed by atoms with Crippen molar-refractivity contribution in [3.05, 3.63) is 5.28 Å². The smallest absolute Gasteiger partial charge is 0.231 e. The fourth-order valence-corrected chi connectivity index (χ4v) is 2.49. The Balaban J connectivity index is 1.63. The van der Waals surface area contributed by atoms with Gasteiger partial charge in [-0.15, -0.1) is 0 Å². The van der Waals surface area contributed by atoms with E-state index in [4.69, 9.17) is 21.1 Å². The lowest BCUT2D eigenvalue weighted by Crippen LogP contribution is -2.34. The lowest BCUT2D eigenvalue weighted by atomic mass is 10.3. The molecular formula is C12H18ClN5O2. The second-order valence-corrected chi connectivity index (χ2v) is 5.21. The number of aromatic nitrogens is 3. The molecular weight excluding hydrogens is 282 g/mol. The quantitative estimate of drug-likeness (QED) is 0.887. The van der Waals surface area contributed by atoms with Crippen LogP contribution < -0.4 is 10.2 Å². The molecule has 2 aliphatic heterocycles. The molecule has 2 aliphatic rings. The molecule has 2 fully saturated rings. The number of nitrogens with one attached hydrogen (secondary N) is 1. The standard InChI is InChI=1S/C12H18ClN5O2/c13-10-15-11(14-7-9-8-19-5-6-20-9)17-12(16-10)18-3-1-2-4-18/h9H,1-8H2,(H,14,15,16,17). The van der Waals surface area contributed by atoms with Crippen molar-refractivity contribution in [3.8, 4) is 0 Å². The van der Waals surface area contributed by atoms with Crippen LogP contribution in [0.2, 0.25) is 5.28 Å². The van der Waals surface area contributed by atoms with Gasteiger partial charge >= 0.3 is 0 Å². The van der Waals surface area contributed by atoms with Crippen LogP contribution in [-0.4, -0.2) is 60.5 Å². The van der Waals surface area contributed by atoms with Gasteiger partial charge in [0.1, 0.15) is 0 Å². The Morgan fingerprint density at radius 1 is 1.20 bits per heavy atom. The Hall–Kier alpha value is -1.18. The van der Waals surface area contributed by atoms with Gasteiger partial charge in [0, 0.05) is 19.6 Å². The van der Waals surface area contributed by atoms with Gasteiger partial charge in [-0.05, 0) is 24.4 Å². The number of ether oxygens (including phenoxy) is 2. The van der Waals surface area contributed by atoms with Crippen molar-refractivity contribution in [2.24, 2.45) is 0 Å². The van der Waals surface area contributed by atoms with Gasteiger partial charge < -0.3 is 19.7 Å². The van der Waals surface area contributed by atoms with Crippen LogP contribution in [0, 0.1) is 0 Å². The van der Waals surface area contributed by atoms with Gasteiger partial charge in [-0.2, -0.15) is 15.0 Å². The maximum Gasteiger partial charge on any atom is 0.231 e. The number of nitrogens with zero attached hydrogens (tertiary/aromatic N) is 4. The summed E-state index contributed by atoms with van der Waals surface area (Å²) in [5, 5.41) is 3.35. The zero-order valence-corrected chi connectivity index (χ0v) is 12.0. The second kappa shape index (κ2) is 6.51. The van der Waals surface area contributed by atoms with Crippen LogP contribution in [0.25, 0.3) is 0 Å². The predicted octanol–water partition coefficient (Wildman–Crippen LogP) is 0.952. The van der Waals surface area contributed by atoms with Crippen LogP contribution in [0.3, 0.4) is 0 Å². The number of hydrogen-bond donors (Lipinski definition) is 1. The molecule has 0 aromatic carbocycles. The first-order chi connectivity index (χ1) is 9.81. The topological polar surface area (TPSA) is 72.4 Å². The minimum Gasteiger partial charge on any atom is -0.376 e. The summed E-state index contributed by atoms with van der Waals surface area (Å²) in [5.41, 5.74) is 0. The molecule has 2 saturated heterocycles. The monoisotopic (exact) mass is 299 g/mol. The highest BCUT2D eigenvalue weighted by Crippen LogP contribution is 2.18. The molecule has 7 nitrogen and oxygen atoms in total. The molecule has 3 rings (SSSR count). The van der Waals surface area contributed by atoms with E-state index in [0.717, 1.165) is 13.1 Å². The minimum atomic E-state index is 0.0227. The minimum absolute atomic E-state index is 0.0227. The van der Waals surface area contributed by atoms with Gasteiger partial charge in [0.25, 0.3) is 0 Å². The maximum absolute atomic E-state index is 5.97. The molecule has 0 saturated carbocycles. The maximum atomic E-state index is 5.97. The van der Waals surface area contributed by atoms with E-state index in [-0.39, 0.29) is 11.4 Å². The molecule has 0 radical (unpaired) electrons. The molecule has 8 heteroatoms. The van der Waals surface area contributed by atoms with E-state index < -0.39 is 0 Å². The molecule has 0 bridgehead atoms. The van der Waals surface area contributed by atoms with Crippen molar-refractivity contribution in [2.75, 3.05) is 49.7 Å². The largest absolute Gasteiger partial charge is 0.376 e. The fraction of sp³-hybridized carbons (Fsp3) is 0.750. The molecule has 1 atom stereocenters. The third-order valence-electron chi connectivity index (χ3n) is 3.36. The Bertz CT molecular complexity index is 449. The summed E-state index contributed by atoms with van der Waals surface area (Å²) in [5.74, 6) is 1.13. The van der Waals surface area contributed by atoms with Crippen molar-refractivity contribution in [2.45, 2.75) is 18.9 Å². The van der Waals surface area contributed by atoms with Gasteiger partial charge in [0.15, 0.2) is 0 Å². The van der Waals surface area contributed by atoms with E-state index in [2.05, 4.69) is 25.2 Å². The van der Waals surface area contributed by atoms with Gasteiger partial charge in [-0.3, -0.25) is 0 Å². The average Bonchev–Trinajstić information content (AvgIpc) is 3.00. The van der Waals surface area contributed by atoms with Gasteiger partial charge in [-0.25, -0.2) is 0 Å². The molecule has 1 N–H and O–H groups in total. The van der Waals surface area contributed by atoms with Crippen molar-refractivity contribution < 1.29 is 9.47 Å². The van der Waals surface area contributed by atoms with Crippen LogP contribution in [0.5, 0.6) is 0 Å². The number of rotatable bonds is 4. The summed E-state index contributed by atoms with van der Waals surface area (Å²) < 4.78 is 10.9. The molecule has 1 unspecified atom stereocenters. The summed E-state index contributed by atoms with van der Waals surface area (Å²) in [6.45, 7) is 4.42. The van der Waals surface area contributed by atoms with Crippen molar-refractivity contribution in [1.82, 2.24) is 15.0 Å². The van der Waals surface area contributed by atoms with E-state index in [1.807, 2.05) is 0 Å². The third kappa shape index (κ3) is 3.47. The Morgan fingerprint density at radius 2 is 2.05 bits per heavy atom. The van der Waals surface area contributed by atoms with Crippen LogP contribution in [0.15, 0.2) is 0 Å².